The van der Waals surface area contributed by atoms with Crippen molar-refractivity contribution in [2.24, 2.45) is 5.73 Å². The monoisotopic (exact) mass is 300 g/mol. The quantitative estimate of drug-likeness (QED) is 0.607. The van der Waals surface area contributed by atoms with Crippen LogP contribution in [0.15, 0.2) is 18.2 Å². The van der Waals surface area contributed by atoms with E-state index < -0.39 is 23.8 Å². The van der Waals surface area contributed by atoms with Crippen LogP contribution in [0.4, 0.5) is 0 Å². The van der Waals surface area contributed by atoms with Crippen LogP contribution in [0.1, 0.15) is 23.2 Å². The molecule has 0 spiro atoms. The van der Waals surface area contributed by atoms with Crippen LogP contribution in [0.2, 0.25) is 5.02 Å². The van der Waals surface area contributed by atoms with Gasteiger partial charge < -0.3 is 21.3 Å². The number of hydrogen-bond acceptors (Lipinski definition) is 4. The number of hydrogen-bond donors (Lipinski definition) is 4. The molecule has 1 rings (SSSR count). The van der Waals surface area contributed by atoms with Crippen molar-refractivity contribution in [1.82, 2.24) is 5.32 Å². The van der Waals surface area contributed by atoms with Gasteiger partial charge in [0, 0.05) is 12.0 Å². The summed E-state index contributed by atoms with van der Waals surface area (Å²) in [4.78, 5) is 33.4. The normalized spacial score (nSPS) is 11.7. The third-order valence-electron chi connectivity index (χ3n) is 2.49. The van der Waals surface area contributed by atoms with Gasteiger partial charge >= 0.3 is 5.97 Å². The lowest BCUT2D eigenvalue weighted by atomic mass is 10.1. The maximum absolute atomic E-state index is 11.8. The second kappa shape index (κ2) is 6.76. The van der Waals surface area contributed by atoms with Crippen molar-refractivity contribution < 1.29 is 24.6 Å². The van der Waals surface area contributed by atoms with E-state index in [9.17, 15) is 19.5 Å². The molecule has 5 N–H and O–H groups in total. The van der Waals surface area contributed by atoms with Gasteiger partial charge in [-0.3, -0.25) is 9.59 Å². The molecule has 7 nitrogen and oxygen atoms in total. The minimum absolute atomic E-state index is 0.0262. The average Bonchev–Trinajstić information content (AvgIpc) is 2.36. The number of nitrogens with two attached hydrogens (primary N) is 1. The molecule has 1 aromatic carbocycles. The van der Waals surface area contributed by atoms with E-state index in [0.29, 0.717) is 0 Å². The van der Waals surface area contributed by atoms with E-state index in [0.717, 1.165) is 0 Å². The first kappa shape index (κ1) is 15.8. The molecule has 0 aliphatic heterocycles. The van der Waals surface area contributed by atoms with Gasteiger partial charge in [0.15, 0.2) is 0 Å². The molecule has 0 heterocycles. The first-order valence-electron chi connectivity index (χ1n) is 5.61. The zero-order valence-corrected chi connectivity index (χ0v) is 11.1. The van der Waals surface area contributed by atoms with Crippen molar-refractivity contribution in [3.8, 4) is 5.75 Å². The fourth-order valence-corrected chi connectivity index (χ4v) is 1.61. The van der Waals surface area contributed by atoms with Crippen LogP contribution in [-0.4, -0.2) is 34.0 Å². The van der Waals surface area contributed by atoms with Gasteiger partial charge in [0.2, 0.25) is 5.91 Å². The Bertz CT molecular complexity index is 547. The van der Waals surface area contributed by atoms with Gasteiger partial charge in [0.1, 0.15) is 11.8 Å². The largest absolute Gasteiger partial charge is 0.506 e. The Labute approximate surface area is 119 Å². The number of aromatic hydroxyl groups is 1. The lowest BCUT2D eigenvalue weighted by molar-refractivity contribution is -0.139. The number of benzene rings is 1. The number of carboxylic acids is 1. The molecule has 20 heavy (non-hydrogen) atoms. The van der Waals surface area contributed by atoms with Crippen molar-refractivity contribution in [1.29, 1.82) is 0 Å². The second-order valence-corrected chi connectivity index (χ2v) is 4.44. The molecular formula is C12H13ClN2O5. The van der Waals surface area contributed by atoms with E-state index in [1.165, 1.54) is 18.2 Å². The number of carbonyl (C=O) groups is 3. The third-order valence-corrected chi connectivity index (χ3v) is 2.80. The summed E-state index contributed by atoms with van der Waals surface area (Å²) in [6.07, 6.45) is -0.268. The smallest absolute Gasteiger partial charge is 0.326 e. The molecule has 0 aromatic heterocycles. The number of carbonyl (C=O) groups excluding carboxylic acids is 2. The number of halogens is 1. The molecule has 0 fully saturated rings. The van der Waals surface area contributed by atoms with Gasteiger partial charge in [-0.2, -0.15) is 0 Å². The van der Waals surface area contributed by atoms with E-state index >= 15 is 0 Å². The standard InChI is InChI=1S/C12H13ClN2O5/c13-7-5-6(1-3-9(7)16)11(18)15-8(12(19)20)2-4-10(14)17/h1,3,5,8,16H,2,4H2,(H2,14,17)(H,15,18)(H,19,20)/t8-/m0/s1. The van der Waals surface area contributed by atoms with Crippen molar-refractivity contribution in [3.05, 3.63) is 28.8 Å². The van der Waals surface area contributed by atoms with E-state index in [2.05, 4.69) is 5.32 Å². The molecule has 0 radical (unpaired) electrons. The highest BCUT2D eigenvalue weighted by Crippen LogP contribution is 2.23. The highest BCUT2D eigenvalue weighted by Gasteiger charge is 2.21. The molecule has 0 aliphatic carbocycles. The molecular weight excluding hydrogens is 288 g/mol. The van der Waals surface area contributed by atoms with Crippen LogP contribution in [0, 0.1) is 0 Å². The fraction of sp³-hybridized carbons (Fsp3) is 0.250. The number of phenolic OH excluding ortho intramolecular Hbond substituents is 1. The van der Waals surface area contributed by atoms with Crippen molar-refractivity contribution >= 4 is 29.4 Å². The Morgan fingerprint density at radius 3 is 2.50 bits per heavy atom. The minimum Gasteiger partial charge on any atom is -0.506 e. The van der Waals surface area contributed by atoms with Gasteiger partial charge in [-0.25, -0.2) is 4.79 Å². The average molecular weight is 301 g/mol. The highest BCUT2D eigenvalue weighted by molar-refractivity contribution is 6.32. The Hall–Kier alpha value is -2.28. The summed E-state index contributed by atoms with van der Waals surface area (Å²) in [5.74, 6) is -2.79. The Balaban J connectivity index is 2.77. The molecule has 0 saturated carbocycles. The SMILES string of the molecule is NC(=O)CC[C@H](NC(=O)c1ccc(O)c(Cl)c1)C(=O)O. The summed E-state index contributed by atoms with van der Waals surface area (Å²) >= 11 is 5.65. The Morgan fingerprint density at radius 2 is 2.00 bits per heavy atom. The molecule has 0 saturated heterocycles. The maximum atomic E-state index is 11.8. The molecule has 1 atom stereocenters. The van der Waals surface area contributed by atoms with Crippen LogP contribution in [0.3, 0.4) is 0 Å². The van der Waals surface area contributed by atoms with Crippen molar-refractivity contribution in [2.45, 2.75) is 18.9 Å². The fourth-order valence-electron chi connectivity index (χ4n) is 1.43. The zero-order chi connectivity index (χ0) is 15.3. The van der Waals surface area contributed by atoms with Gasteiger partial charge in [0.25, 0.3) is 5.91 Å². The molecule has 0 bridgehead atoms. The predicted molar refractivity (Wildman–Crippen MR) is 70.4 cm³/mol. The maximum Gasteiger partial charge on any atom is 0.326 e. The Morgan fingerprint density at radius 1 is 1.35 bits per heavy atom. The number of amides is 2. The summed E-state index contributed by atoms with van der Waals surface area (Å²) in [6.45, 7) is 0. The van der Waals surface area contributed by atoms with Crippen LogP contribution in [0.5, 0.6) is 5.75 Å². The number of aliphatic carboxylic acids is 1. The number of phenols is 1. The number of carboxylic acid groups (broad SMARTS) is 1. The second-order valence-electron chi connectivity index (χ2n) is 4.04. The van der Waals surface area contributed by atoms with E-state index in [4.69, 9.17) is 22.4 Å². The lowest BCUT2D eigenvalue weighted by Crippen LogP contribution is -2.41. The van der Waals surface area contributed by atoms with Crippen LogP contribution in [-0.2, 0) is 9.59 Å². The summed E-state index contributed by atoms with van der Waals surface area (Å²) < 4.78 is 0. The predicted octanol–water partition coefficient (Wildman–Crippen LogP) is 0.494. The summed E-state index contributed by atoms with van der Waals surface area (Å²) in [6, 6.07) is 2.49. The highest BCUT2D eigenvalue weighted by atomic mass is 35.5. The van der Waals surface area contributed by atoms with Crippen molar-refractivity contribution in [3.63, 3.8) is 0 Å². The summed E-state index contributed by atoms with van der Waals surface area (Å²) in [5.41, 5.74) is 5.03. The van der Waals surface area contributed by atoms with E-state index in [1.807, 2.05) is 0 Å². The molecule has 0 aliphatic rings. The van der Waals surface area contributed by atoms with Gasteiger partial charge in [0.05, 0.1) is 5.02 Å². The van der Waals surface area contributed by atoms with Crippen LogP contribution >= 0.6 is 11.6 Å². The third kappa shape index (κ3) is 4.43. The molecule has 108 valence electrons. The first-order chi connectivity index (χ1) is 9.31. The van der Waals surface area contributed by atoms with E-state index in [1.54, 1.807) is 0 Å². The van der Waals surface area contributed by atoms with Crippen LogP contribution < -0.4 is 11.1 Å². The molecule has 0 unspecified atom stereocenters. The number of nitrogens with one attached hydrogen (secondary N) is 1. The number of rotatable bonds is 6. The Kier molecular flexibility index (Phi) is 5.33. The minimum atomic E-state index is -1.27. The van der Waals surface area contributed by atoms with E-state index in [-0.39, 0.29) is 29.2 Å². The van der Waals surface area contributed by atoms with Crippen LogP contribution in [0.25, 0.3) is 0 Å². The first-order valence-corrected chi connectivity index (χ1v) is 5.99. The van der Waals surface area contributed by atoms with Gasteiger partial charge in [-0.1, -0.05) is 11.6 Å². The van der Waals surface area contributed by atoms with Gasteiger partial charge in [-0.05, 0) is 24.6 Å². The molecule has 2 amide bonds. The van der Waals surface area contributed by atoms with Gasteiger partial charge in [-0.15, -0.1) is 0 Å². The topological polar surface area (TPSA) is 130 Å². The van der Waals surface area contributed by atoms with Crippen molar-refractivity contribution in [2.75, 3.05) is 0 Å². The number of primary amides is 1. The molecule has 1 aromatic rings. The summed E-state index contributed by atoms with van der Waals surface area (Å²) in [7, 11) is 0. The zero-order valence-electron chi connectivity index (χ0n) is 10.3. The molecule has 8 heteroatoms. The lowest BCUT2D eigenvalue weighted by Gasteiger charge is -2.13. The summed E-state index contributed by atoms with van der Waals surface area (Å²) in [5, 5.41) is 20.4.